The molecule has 1 heterocycles. The highest BCUT2D eigenvalue weighted by molar-refractivity contribution is 5.76. The van der Waals surface area contributed by atoms with E-state index in [4.69, 9.17) is 9.84 Å². The van der Waals surface area contributed by atoms with Crippen LogP contribution in [0.4, 0.5) is 0 Å². The number of rotatable bonds is 6. The number of nitrogens with zero attached hydrogens (tertiary/aromatic N) is 1. The number of likely N-dealkylation sites (tertiary alicyclic amines) is 1. The fourth-order valence-electron chi connectivity index (χ4n) is 3.28. The van der Waals surface area contributed by atoms with Gasteiger partial charge in [0.05, 0.1) is 19.3 Å². The first-order valence-electron chi connectivity index (χ1n) is 7.80. The zero-order chi connectivity index (χ0) is 13.5. The normalized spacial score (nSPS) is 22.1. The summed E-state index contributed by atoms with van der Waals surface area (Å²) in [6.45, 7) is 2.14. The lowest BCUT2D eigenvalue weighted by Crippen LogP contribution is -2.41. The highest BCUT2D eigenvalue weighted by Crippen LogP contribution is 2.29. The molecule has 2 aliphatic rings. The molecule has 0 bridgehead atoms. The number of carbonyl (C=O) groups is 1. The van der Waals surface area contributed by atoms with Crippen molar-refractivity contribution in [1.82, 2.24) is 4.90 Å². The van der Waals surface area contributed by atoms with Crippen molar-refractivity contribution < 1.29 is 14.6 Å². The Kier molecular flexibility index (Phi) is 6.11. The summed E-state index contributed by atoms with van der Waals surface area (Å²) in [6.07, 6.45) is 9.22. The zero-order valence-electron chi connectivity index (χ0n) is 11.9. The summed E-state index contributed by atoms with van der Waals surface area (Å²) in [7, 11) is 0. The second kappa shape index (κ2) is 7.85. The quantitative estimate of drug-likeness (QED) is 0.802. The van der Waals surface area contributed by atoms with Crippen molar-refractivity contribution in [2.75, 3.05) is 26.3 Å². The number of aliphatic hydroxyl groups is 1. The Balaban J connectivity index is 1.61. The molecule has 0 spiro atoms. The van der Waals surface area contributed by atoms with Crippen LogP contribution in [0.1, 0.15) is 51.4 Å². The van der Waals surface area contributed by atoms with Gasteiger partial charge in [-0.05, 0) is 25.2 Å². The number of ether oxygens (including phenoxy) is 1. The average Bonchev–Trinajstić information content (AvgIpc) is 2.96. The number of hydrogen-bond donors (Lipinski definition) is 1. The molecule has 110 valence electrons. The van der Waals surface area contributed by atoms with Crippen LogP contribution in [0.25, 0.3) is 0 Å². The summed E-state index contributed by atoms with van der Waals surface area (Å²) in [5.74, 6) is 1.13. The van der Waals surface area contributed by atoms with Crippen LogP contribution in [0.15, 0.2) is 0 Å². The fourth-order valence-corrected chi connectivity index (χ4v) is 3.28. The molecule has 2 rings (SSSR count). The molecule has 0 atom stereocenters. The number of amides is 1. The van der Waals surface area contributed by atoms with E-state index in [0.29, 0.717) is 12.5 Å². The maximum atomic E-state index is 12.1. The largest absolute Gasteiger partial charge is 0.394 e. The first kappa shape index (κ1) is 14.8. The standard InChI is InChI=1S/C15H27NO3/c17-11-12-19-14-7-9-16(10-8-14)15(18)6-5-13-3-1-2-4-13/h13-14,17H,1-12H2. The van der Waals surface area contributed by atoms with E-state index in [1.807, 2.05) is 4.90 Å². The summed E-state index contributed by atoms with van der Waals surface area (Å²) in [5.41, 5.74) is 0. The number of piperidine rings is 1. The highest BCUT2D eigenvalue weighted by Gasteiger charge is 2.24. The third-order valence-electron chi connectivity index (χ3n) is 4.48. The van der Waals surface area contributed by atoms with Crippen LogP contribution < -0.4 is 0 Å². The van der Waals surface area contributed by atoms with E-state index in [0.717, 1.165) is 44.7 Å². The van der Waals surface area contributed by atoms with Crippen LogP contribution in [-0.2, 0) is 9.53 Å². The molecule has 0 aromatic carbocycles. The Bertz CT molecular complexity index is 269. The SMILES string of the molecule is O=C(CCC1CCCC1)N1CCC(OCCO)CC1. The van der Waals surface area contributed by atoms with Gasteiger partial charge < -0.3 is 14.7 Å². The van der Waals surface area contributed by atoms with E-state index in [1.165, 1.54) is 25.7 Å². The second-order valence-electron chi connectivity index (χ2n) is 5.86. The van der Waals surface area contributed by atoms with Crippen LogP contribution in [-0.4, -0.2) is 48.3 Å². The smallest absolute Gasteiger partial charge is 0.222 e. The molecule has 19 heavy (non-hydrogen) atoms. The molecule has 1 saturated carbocycles. The summed E-state index contributed by atoms with van der Waals surface area (Å²) in [5, 5.41) is 8.72. The molecule has 0 aromatic heterocycles. The molecule has 1 saturated heterocycles. The third kappa shape index (κ3) is 4.77. The van der Waals surface area contributed by atoms with E-state index < -0.39 is 0 Å². The van der Waals surface area contributed by atoms with E-state index >= 15 is 0 Å². The minimum Gasteiger partial charge on any atom is -0.394 e. The van der Waals surface area contributed by atoms with Crippen LogP contribution in [0.5, 0.6) is 0 Å². The summed E-state index contributed by atoms with van der Waals surface area (Å²) in [6, 6.07) is 0. The monoisotopic (exact) mass is 269 g/mol. The Labute approximate surface area is 116 Å². The molecular weight excluding hydrogens is 242 g/mol. The molecule has 4 heteroatoms. The summed E-state index contributed by atoms with van der Waals surface area (Å²) < 4.78 is 5.51. The van der Waals surface area contributed by atoms with Gasteiger partial charge >= 0.3 is 0 Å². The van der Waals surface area contributed by atoms with E-state index in [1.54, 1.807) is 0 Å². The van der Waals surface area contributed by atoms with E-state index in [-0.39, 0.29) is 12.7 Å². The molecule has 1 N–H and O–H groups in total. The summed E-state index contributed by atoms with van der Waals surface area (Å²) >= 11 is 0. The molecule has 4 nitrogen and oxygen atoms in total. The van der Waals surface area contributed by atoms with Gasteiger partial charge in [0.15, 0.2) is 0 Å². The van der Waals surface area contributed by atoms with E-state index in [2.05, 4.69) is 0 Å². The van der Waals surface area contributed by atoms with Gasteiger partial charge in [0.1, 0.15) is 0 Å². The van der Waals surface area contributed by atoms with Gasteiger partial charge in [-0.1, -0.05) is 25.7 Å². The van der Waals surface area contributed by atoms with Gasteiger partial charge in [0.25, 0.3) is 0 Å². The van der Waals surface area contributed by atoms with Crippen molar-refractivity contribution >= 4 is 5.91 Å². The molecule has 0 unspecified atom stereocenters. The highest BCUT2D eigenvalue weighted by atomic mass is 16.5. The van der Waals surface area contributed by atoms with Crippen molar-refractivity contribution in [2.45, 2.75) is 57.5 Å². The minimum atomic E-state index is 0.0839. The Morgan fingerprint density at radius 2 is 1.84 bits per heavy atom. The van der Waals surface area contributed by atoms with Gasteiger partial charge in [-0.2, -0.15) is 0 Å². The lowest BCUT2D eigenvalue weighted by atomic mass is 10.0. The Morgan fingerprint density at radius 3 is 2.47 bits per heavy atom. The van der Waals surface area contributed by atoms with Crippen LogP contribution in [0, 0.1) is 5.92 Å². The Hall–Kier alpha value is -0.610. The van der Waals surface area contributed by atoms with Crippen LogP contribution >= 0.6 is 0 Å². The summed E-state index contributed by atoms with van der Waals surface area (Å²) in [4.78, 5) is 14.1. The molecule has 2 fully saturated rings. The molecule has 1 aliphatic carbocycles. The molecule has 0 radical (unpaired) electrons. The maximum absolute atomic E-state index is 12.1. The molecule has 1 amide bonds. The number of carbonyl (C=O) groups excluding carboxylic acids is 1. The predicted octanol–water partition coefficient (Wildman–Crippen LogP) is 1.96. The molecular formula is C15H27NO3. The van der Waals surface area contributed by atoms with Crippen molar-refractivity contribution in [2.24, 2.45) is 5.92 Å². The van der Waals surface area contributed by atoms with Gasteiger partial charge in [0, 0.05) is 19.5 Å². The van der Waals surface area contributed by atoms with Crippen molar-refractivity contribution in [3.05, 3.63) is 0 Å². The van der Waals surface area contributed by atoms with Gasteiger partial charge in [-0.15, -0.1) is 0 Å². The topological polar surface area (TPSA) is 49.8 Å². The van der Waals surface area contributed by atoms with Gasteiger partial charge in [-0.3, -0.25) is 4.79 Å². The maximum Gasteiger partial charge on any atom is 0.222 e. The van der Waals surface area contributed by atoms with Crippen LogP contribution in [0.2, 0.25) is 0 Å². The minimum absolute atomic E-state index is 0.0839. The molecule has 1 aliphatic heterocycles. The predicted molar refractivity (Wildman–Crippen MR) is 73.8 cm³/mol. The van der Waals surface area contributed by atoms with Crippen molar-refractivity contribution in [3.8, 4) is 0 Å². The number of hydrogen-bond acceptors (Lipinski definition) is 3. The van der Waals surface area contributed by atoms with Crippen molar-refractivity contribution in [3.63, 3.8) is 0 Å². The average molecular weight is 269 g/mol. The van der Waals surface area contributed by atoms with Crippen molar-refractivity contribution in [1.29, 1.82) is 0 Å². The fraction of sp³-hybridized carbons (Fsp3) is 0.933. The molecule has 0 aromatic rings. The first-order chi connectivity index (χ1) is 9.29. The van der Waals surface area contributed by atoms with Gasteiger partial charge in [-0.25, -0.2) is 0 Å². The van der Waals surface area contributed by atoms with E-state index in [9.17, 15) is 4.79 Å². The second-order valence-corrected chi connectivity index (χ2v) is 5.86. The van der Waals surface area contributed by atoms with Crippen LogP contribution in [0.3, 0.4) is 0 Å². The Morgan fingerprint density at radius 1 is 1.16 bits per heavy atom. The number of aliphatic hydroxyl groups excluding tert-OH is 1. The van der Waals surface area contributed by atoms with Gasteiger partial charge in [0.2, 0.25) is 5.91 Å². The first-order valence-corrected chi connectivity index (χ1v) is 7.80. The lowest BCUT2D eigenvalue weighted by molar-refractivity contribution is -0.134. The lowest BCUT2D eigenvalue weighted by Gasteiger charge is -2.32. The zero-order valence-corrected chi connectivity index (χ0v) is 11.9. The third-order valence-corrected chi connectivity index (χ3v) is 4.48.